The lowest BCUT2D eigenvalue weighted by Gasteiger charge is -2.16. The highest BCUT2D eigenvalue weighted by Crippen LogP contribution is 2.27. The SMILES string of the molecule is Cc1cc(Cc2cc(C)c(NC(=O)c3ccc(C(=O)c4ccc(C(N)=O)c(C(=O)O)c4)cc3C(=O)O)c(C)c2)cc(C)c1N. The quantitative estimate of drug-likeness (QED) is 0.131. The molecule has 0 saturated carbocycles. The minimum absolute atomic E-state index is 0.0908. The standard InChI is InChI=1S/C34H31N3O7/c1-16-9-20(10-17(2)28(16)35)13-21-11-18(3)29(19(4)12-21)37-32(40)25-8-6-23(15-27(25)34(43)44)30(38)22-5-7-24(31(36)39)26(14-22)33(41)42/h5-12,14-15H,13,35H2,1-4H3,(H2,36,39)(H,37,40)(H,41,42)(H,43,44). The first-order valence-electron chi connectivity index (χ1n) is 13.5. The van der Waals surface area contributed by atoms with Crippen LogP contribution in [0.5, 0.6) is 0 Å². The van der Waals surface area contributed by atoms with E-state index in [0.717, 1.165) is 57.3 Å². The van der Waals surface area contributed by atoms with Crippen LogP contribution in [0.2, 0.25) is 0 Å². The zero-order valence-corrected chi connectivity index (χ0v) is 24.6. The molecule has 4 rings (SSSR count). The van der Waals surface area contributed by atoms with Crippen molar-refractivity contribution in [3.63, 3.8) is 0 Å². The molecule has 2 amide bonds. The molecule has 224 valence electrons. The minimum atomic E-state index is -1.46. The van der Waals surface area contributed by atoms with Gasteiger partial charge in [0.2, 0.25) is 5.91 Å². The Morgan fingerprint density at radius 3 is 1.52 bits per heavy atom. The first kappa shape index (κ1) is 31.2. The Bertz CT molecular complexity index is 1850. The molecule has 0 radical (unpaired) electrons. The predicted octanol–water partition coefficient (Wildman–Crippen LogP) is 5.07. The Morgan fingerprint density at radius 2 is 1.07 bits per heavy atom. The largest absolute Gasteiger partial charge is 0.478 e. The lowest BCUT2D eigenvalue weighted by molar-refractivity contribution is 0.0683. The van der Waals surface area contributed by atoms with Crippen LogP contribution >= 0.6 is 0 Å². The van der Waals surface area contributed by atoms with Crippen molar-refractivity contribution in [1.82, 2.24) is 0 Å². The molecule has 10 nitrogen and oxygen atoms in total. The van der Waals surface area contributed by atoms with Crippen molar-refractivity contribution in [3.8, 4) is 0 Å². The fourth-order valence-corrected chi connectivity index (χ4v) is 5.24. The third kappa shape index (κ3) is 6.34. The third-order valence-corrected chi connectivity index (χ3v) is 7.43. The highest BCUT2D eigenvalue weighted by molar-refractivity contribution is 6.15. The van der Waals surface area contributed by atoms with Gasteiger partial charge in [0.1, 0.15) is 0 Å². The third-order valence-electron chi connectivity index (χ3n) is 7.43. The second-order valence-corrected chi connectivity index (χ2v) is 10.7. The molecule has 4 aromatic carbocycles. The summed E-state index contributed by atoms with van der Waals surface area (Å²) >= 11 is 0. The average molecular weight is 594 g/mol. The molecule has 44 heavy (non-hydrogen) atoms. The smallest absolute Gasteiger partial charge is 0.336 e. The number of primary amides is 1. The van der Waals surface area contributed by atoms with Gasteiger partial charge in [-0.2, -0.15) is 0 Å². The van der Waals surface area contributed by atoms with Gasteiger partial charge in [0, 0.05) is 22.5 Å². The van der Waals surface area contributed by atoms with E-state index in [-0.39, 0.29) is 22.3 Å². The van der Waals surface area contributed by atoms with Gasteiger partial charge in [-0.3, -0.25) is 14.4 Å². The van der Waals surface area contributed by atoms with Crippen LogP contribution in [-0.4, -0.2) is 39.7 Å². The Morgan fingerprint density at radius 1 is 0.636 bits per heavy atom. The van der Waals surface area contributed by atoms with Gasteiger partial charge < -0.3 is 27.0 Å². The van der Waals surface area contributed by atoms with Gasteiger partial charge in [0.15, 0.2) is 5.78 Å². The number of hydrogen-bond acceptors (Lipinski definition) is 6. The Hall–Kier alpha value is -5.77. The monoisotopic (exact) mass is 593 g/mol. The zero-order chi connectivity index (χ0) is 32.5. The van der Waals surface area contributed by atoms with Gasteiger partial charge >= 0.3 is 11.9 Å². The molecular formula is C34H31N3O7. The molecule has 0 aliphatic carbocycles. The van der Waals surface area contributed by atoms with Gasteiger partial charge in [0.05, 0.1) is 22.3 Å². The molecule has 4 aromatic rings. The highest BCUT2D eigenvalue weighted by atomic mass is 16.4. The molecule has 7 N–H and O–H groups in total. The zero-order valence-electron chi connectivity index (χ0n) is 24.6. The van der Waals surface area contributed by atoms with Crippen LogP contribution in [0.15, 0.2) is 60.7 Å². The van der Waals surface area contributed by atoms with Gasteiger partial charge in [-0.25, -0.2) is 9.59 Å². The van der Waals surface area contributed by atoms with E-state index in [9.17, 15) is 34.2 Å². The number of amides is 2. The second kappa shape index (κ2) is 12.2. The van der Waals surface area contributed by atoms with Crippen LogP contribution < -0.4 is 16.8 Å². The number of hydrogen-bond donors (Lipinski definition) is 5. The van der Waals surface area contributed by atoms with Crippen LogP contribution in [0.4, 0.5) is 11.4 Å². The number of nitrogen functional groups attached to an aromatic ring is 1. The van der Waals surface area contributed by atoms with E-state index in [1.54, 1.807) is 0 Å². The molecule has 0 atom stereocenters. The number of carbonyl (C=O) groups is 5. The summed E-state index contributed by atoms with van der Waals surface area (Å²) in [5.74, 6) is -5.24. The molecule has 0 unspecified atom stereocenters. The molecular weight excluding hydrogens is 562 g/mol. The molecule has 0 fully saturated rings. The second-order valence-electron chi connectivity index (χ2n) is 10.7. The Balaban J connectivity index is 1.61. The average Bonchev–Trinajstić information content (AvgIpc) is 2.96. The number of carbonyl (C=O) groups excluding carboxylic acids is 3. The molecule has 0 aromatic heterocycles. The molecule has 0 spiro atoms. The van der Waals surface area contributed by atoms with Gasteiger partial charge in [-0.05, 0) is 91.8 Å². The Labute approximate surface area is 253 Å². The minimum Gasteiger partial charge on any atom is -0.478 e. The maximum atomic E-state index is 13.3. The lowest BCUT2D eigenvalue weighted by Crippen LogP contribution is -2.19. The lowest BCUT2D eigenvalue weighted by atomic mass is 9.94. The van der Waals surface area contributed by atoms with Crippen molar-refractivity contribution in [2.75, 3.05) is 11.1 Å². The molecule has 0 aliphatic rings. The number of anilines is 2. The van der Waals surface area contributed by atoms with Crippen LogP contribution in [0.25, 0.3) is 0 Å². The van der Waals surface area contributed by atoms with E-state index < -0.39 is 40.7 Å². The fraction of sp³-hybridized carbons (Fsp3) is 0.147. The maximum Gasteiger partial charge on any atom is 0.336 e. The van der Waals surface area contributed by atoms with E-state index in [1.807, 2.05) is 52.0 Å². The molecule has 10 heteroatoms. The number of nitrogens with two attached hydrogens (primary N) is 2. The summed E-state index contributed by atoms with van der Waals surface area (Å²) in [6.07, 6.45) is 0.662. The number of benzene rings is 4. The van der Waals surface area contributed by atoms with Crippen molar-refractivity contribution < 1.29 is 34.2 Å². The molecule has 0 bridgehead atoms. The van der Waals surface area contributed by atoms with E-state index >= 15 is 0 Å². The summed E-state index contributed by atoms with van der Waals surface area (Å²) in [4.78, 5) is 61.8. The number of ketones is 1. The summed E-state index contributed by atoms with van der Waals surface area (Å²) in [5, 5.41) is 22.1. The summed E-state index contributed by atoms with van der Waals surface area (Å²) in [6, 6.07) is 14.9. The summed E-state index contributed by atoms with van der Waals surface area (Å²) in [7, 11) is 0. The van der Waals surface area contributed by atoms with E-state index in [2.05, 4.69) is 5.32 Å². The first-order chi connectivity index (χ1) is 20.7. The maximum absolute atomic E-state index is 13.3. The number of carboxylic acid groups (broad SMARTS) is 2. The summed E-state index contributed by atoms with van der Waals surface area (Å²) in [6.45, 7) is 7.63. The molecule has 0 saturated heterocycles. The highest BCUT2D eigenvalue weighted by Gasteiger charge is 2.23. The van der Waals surface area contributed by atoms with Crippen molar-refractivity contribution in [3.05, 3.63) is 127 Å². The predicted molar refractivity (Wildman–Crippen MR) is 166 cm³/mol. The normalized spacial score (nSPS) is 10.7. The van der Waals surface area contributed by atoms with Gasteiger partial charge in [-0.1, -0.05) is 36.4 Å². The van der Waals surface area contributed by atoms with Crippen LogP contribution in [0.1, 0.15) is 90.7 Å². The Kier molecular flexibility index (Phi) is 8.66. The molecule has 0 aliphatic heterocycles. The van der Waals surface area contributed by atoms with Crippen LogP contribution in [-0.2, 0) is 6.42 Å². The van der Waals surface area contributed by atoms with Gasteiger partial charge in [-0.15, -0.1) is 0 Å². The van der Waals surface area contributed by atoms with E-state index in [0.29, 0.717) is 12.1 Å². The van der Waals surface area contributed by atoms with Crippen molar-refractivity contribution in [1.29, 1.82) is 0 Å². The van der Waals surface area contributed by atoms with Crippen molar-refractivity contribution >= 4 is 40.9 Å². The number of nitrogens with one attached hydrogen (secondary N) is 1. The van der Waals surface area contributed by atoms with E-state index in [4.69, 9.17) is 11.5 Å². The summed E-state index contributed by atoms with van der Waals surface area (Å²) in [5.41, 5.74) is 16.8. The van der Waals surface area contributed by atoms with E-state index in [1.165, 1.54) is 18.2 Å². The van der Waals surface area contributed by atoms with Crippen LogP contribution in [0, 0.1) is 27.7 Å². The summed E-state index contributed by atoms with van der Waals surface area (Å²) < 4.78 is 0. The van der Waals surface area contributed by atoms with Crippen molar-refractivity contribution in [2.45, 2.75) is 34.1 Å². The number of rotatable bonds is 9. The first-order valence-corrected chi connectivity index (χ1v) is 13.5. The number of aromatic carboxylic acids is 2. The number of aryl methyl sites for hydroxylation is 4. The van der Waals surface area contributed by atoms with Gasteiger partial charge in [0.25, 0.3) is 5.91 Å². The fourth-order valence-electron chi connectivity index (χ4n) is 5.24. The number of carboxylic acids is 2. The topological polar surface area (TPSA) is 190 Å². The van der Waals surface area contributed by atoms with Crippen LogP contribution in [0.3, 0.4) is 0 Å². The van der Waals surface area contributed by atoms with Crippen molar-refractivity contribution in [2.24, 2.45) is 5.73 Å². The molecule has 0 heterocycles.